The van der Waals surface area contributed by atoms with Gasteiger partial charge >= 0.3 is 5.97 Å². The summed E-state index contributed by atoms with van der Waals surface area (Å²) in [5.74, 6) is 2.11. The van der Waals surface area contributed by atoms with Crippen LogP contribution in [0.15, 0.2) is 24.4 Å². The first-order valence-corrected chi connectivity index (χ1v) is 7.04. The fourth-order valence-corrected chi connectivity index (χ4v) is 3.00. The first-order chi connectivity index (χ1) is 8.68. The zero-order valence-corrected chi connectivity index (χ0v) is 11.1. The third-order valence-corrected chi connectivity index (χ3v) is 4.05. The lowest BCUT2D eigenvalue weighted by Gasteiger charge is -2.34. The number of anilines is 1. The van der Waals surface area contributed by atoms with E-state index < -0.39 is 5.97 Å². The van der Waals surface area contributed by atoms with Gasteiger partial charge in [-0.25, -0.2) is 9.78 Å². The van der Waals surface area contributed by atoms with Crippen molar-refractivity contribution >= 4 is 29.6 Å². The second-order valence-corrected chi connectivity index (χ2v) is 5.35. The molecule has 0 bridgehead atoms. The maximum absolute atomic E-state index is 10.6. The molecule has 0 aliphatic carbocycles. The molecule has 0 spiro atoms. The molecule has 4 nitrogen and oxygen atoms in total. The van der Waals surface area contributed by atoms with E-state index in [4.69, 9.17) is 5.11 Å². The van der Waals surface area contributed by atoms with Crippen molar-refractivity contribution in [2.45, 2.75) is 13.0 Å². The molecule has 1 unspecified atom stereocenters. The third-order valence-electron chi connectivity index (χ3n) is 2.86. The average molecular weight is 264 g/mol. The Kier molecular flexibility index (Phi) is 4.25. The highest BCUT2D eigenvalue weighted by atomic mass is 32.2. The Labute approximate surface area is 111 Å². The van der Waals surface area contributed by atoms with Crippen LogP contribution >= 0.6 is 11.8 Å². The number of pyridine rings is 1. The molecule has 5 heteroatoms. The molecule has 1 saturated heterocycles. The molecule has 1 aliphatic rings. The Morgan fingerprint density at radius 3 is 3.22 bits per heavy atom. The van der Waals surface area contributed by atoms with Crippen molar-refractivity contribution in [3.05, 3.63) is 30.0 Å². The Morgan fingerprint density at radius 1 is 1.67 bits per heavy atom. The van der Waals surface area contributed by atoms with Crippen molar-refractivity contribution in [3.8, 4) is 0 Å². The van der Waals surface area contributed by atoms with Crippen LogP contribution in [0.3, 0.4) is 0 Å². The average Bonchev–Trinajstić information content (AvgIpc) is 2.37. The summed E-state index contributed by atoms with van der Waals surface area (Å²) in [4.78, 5) is 17.3. The predicted molar refractivity (Wildman–Crippen MR) is 75.0 cm³/mol. The number of hydrogen-bond acceptors (Lipinski definition) is 4. The number of carboxylic acid groups (broad SMARTS) is 1. The monoisotopic (exact) mass is 264 g/mol. The van der Waals surface area contributed by atoms with Gasteiger partial charge in [-0.1, -0.05) is 0 Å². The van der Waals surface area contributed by atoms with Crippen LogP contribution in [0.4, 0.5) is 5.82 Å². The van der Waals surface area contributed by atoms with Crippen LogP contribution in [0.1, 0.15) is 12.5 Å². The molecule has 1 aromatic heterocycles. The van der Waals surface area contributed by atoms with E-state index in [1.807, 2.05) is 23.9 Å². The number of carbonyl (C=O) groups is 1. The molecule has 0 radical (unpaired) electrons. The van der Waals surface area contributed by atoms with Gasteiger partial charge in [-0.15, -0.1) is 0 Å². The van der Waals surface area contributed by atoms with E-state index in [1.54, 1.807) is 12.3 Å². The minimum absolute atomic E-state index is 0.427. The summed E-state index contributed by atoms with van der Waals surface area (Å²) in [5.41, 5.74) is 0.860. The quantitative estimate of drug-likeness (QED) is 0.847. The molecule has 1 aliphatic heterocycles. The number of aromatic nitrogens is 1. The summed E-state index contributed by atoms with van der Waals surface area (Å²) in [6.07, 6.45) is 4.52. The maximum Gasteiger partial charge on any atom is 0.328 e. The van der Waals surface area contributed by atoms with E-state index >= 15 is 0 Å². The Hall–Kier alpha value is -1.49. The van der Waals surface area contributed by atoms with Crippen LogP contribution in [0, 0.1) is 0 Å². The fraction of sp³-hybridized carbons (Fsp3) is 0.385. The molecule has 0 aromatic carbocycles. The smallest absolute Gasteiger partial charge is 0.328 e. The van der Waals surface area contributed by atoms with Crippen molar-refractivity contribution in [2.75, 3.05) is 23.0 Å². The van der Waals surface area contributed by atoms with E-state index in [0.717, 1.165) is 35.5 Å². The number of thioether (sulfide) groups is 1. The van der Waals surface area contributed by atoms with Crippen LogP contribution in [-0.2, 0) is 4.79 Å². The molecular formula is C13H16N2O2S. The minimum atomic E-state index is -0.938. The lowest BCUT2D eigenvalue weighted by molar-refractivity contribution is -0.131. The van der Waals surface area contributed by atoms with Crippen LogP contribution in [-0.4, -0.2) is 40.2 Å². The fourth-order valence-electron chi connectivity index (χ4n) is 1.98. The van der Waals surface area contributed by atoms with E-state index in [0.29, 0.717) is 6.04 Å². The highest BCUT2D eigenvalue weighted by Crippen LogP contribution is 2.25. The second-order valence-electron chi connectivity index (χ2n) is 4.21. The molecule has 96 valence electrons. The summed E-state index contributed by atoms with van der Waals surface area (Å²) < 4.78 is 0. The molecule has 1 N–H and O–H groups in total. The molecule has 2 rings (SSSR count). The highest BCUT2D eigenvalue weighted by Gasteiger charge is 2.21. The van der Waals surface area contributed by atoms with Gasteiger partial charge in [0.05, 0.1) is 0 Å². The van der Waals surface area contributed by atoms with E-state index in [1.165, 1.54) is 0 Å². The highest BCUT2D eigenvalue weighted by molar-refractivity contribution is 7.99. The third kappa shape index (κ3) is 3.04. The lowest BCUT2D eigenvalue weighted by atomic mass is 10.2. The summed E-state index contributed by atoms with van der Waals surface area (Å²) >= 11 is 1.94. The minimum Gasteiger partial charge on any atom is -0.478 e. The van der Waals surface area contributed by atoms with E-state index in [9.17, 15) is 4.79 Å². The zero-order chi connectivity index (χ0) is 13.0. The molecule has 1 fully saturated rings. The molecule has 2 heterocycles. The number of carboxylic acids is 1. The standard InChI is InChI=1S/C13H16N2O2S/c1-10-9-18-8-7-15(10)13-11(3-2-6-14-13)4-5-12(16)17/h2-6,10H,7-9H2,1H3,(H,16,17)/b5-4+. The molecule has 18 heavy (non-hydrogen) atoms. The summed E-state index contributed by atoms with van der Waals surface area (Å²) in [6, 6.07) is 4.15. The number of rotatable bonds is 3. The van der Waals surface area contributed by atoms with Crippen molar-refractivity contribution in [1.82, 2.24) is 4.98 Å². The van der Waals surface area contributed by atoms with Crippen LogP contribution in [0.5, 0.6) is 0 Å². The summed E-state index contributed by atoms with van der Waals surface area (Å²) in [7, 11) is 0. The van der Waals surface area contributed by atoms with Crippen LogP contribution < -0.4 is 4.90 Å². The SMILES string of the molecule is CC1CSCCN1c1ncccc1/C=C/C(=O)O. The molecule has 0 saturated carbocycles. The van der Waals surface area contributed by atoms with Gasteiger partial charge in [0.1, 0.15) is 5.82 Å². The zero-order valence-electron chi connectivity index (χ0n) is 10.2. The van der Waals surface area contributed by atoms with Gasteiger partial charge in [-0.2, -0.15) is 11.8 Å². The Bertz CT molecular complexity index is 462. The molecule has 1 aromatic rings. The van der Waals surface area contributed by atoms with Gasteiger partial charge in [-0.3, -0.25) is 0 Å². The van der Waals surface area contributed by atoms with Crippen LogP contribution in [0.25, 0.3) is 6.08 Å². The number of hydrogen-bond donors (Lipinski definition) is 1. The van der Waals surface area contributed by atoms with Gasteiger partial charge in [0, 0.05) is 41.9 Å². The normalized spacial score (nSPS) is 20.3. The van der Waals surface area contributed by atoms with Gasteiger partial charge in [0.15, 0.2) is 0 Å². The van der Waals surface area contributed by atoms with E-state index in [-0.39, 0.29) is 0 Å². The topological polar surface area (TPSA) is 53.4 Å². The number of nitrogens with zero attached hydrogens (tertiary/aromatic N) is 2. The van der Waals surface area contributed by atoms with Gasteiger partial charge in [0.25, 0.3) is 0 Å². The van der Waals surface area contributed by atoms with Crippen LogP contribution in [0.2, 0.25) is 0 Å². The van der Waals surface area contributed by atoms with Crippen molar-refractivity contribution < 1.29 is 9.90 Å². The molecule has 0 amide bonds. The molecule has 1 atom stereocenters. The number of aliphatic carboxylic acids is 1. The summed E-state index contributed by atoms with van der Waals surface area (Å²) in [6.45, 7) is 3.13. The van der Waals surface area contributed by atoms with Gasteiger partial charge < -0.3 is 10.0 Å². The first-order valence-electron chi connectivity index (χ1n) is 5.89. The first kappa shape index (κ1) is 13.0. The largest absolute Gasteiger partial charge is 0.478 e. The second kappa shape index (κ2) is 5.91. The molecular weight excluding hydrogens is 248 g/mol. The Balaban J connectivity index is 2.28. The van der Waals surface area contributed by atoms with Gasteiger partial charge in [0.2, 0.25) is 0 Å². The Morgan fingerprint density at radius 2 is 2.50 bits per heavy atom. The van der Waals surface area contributed by atoms with Crippen molar-refractivity contribution in [3.63, 3.8) is 0 Å². The van der Waals surface area contributed by atoms with E-state index in [2.05, 4.69) is 16.8 Å². The predicted octanol–water partition coefficient (Wildman–Crippen LogP) is 2.12. The van der Waals surface area contributed by atoms with Gasteiger partial charge in [-0.05, 0) is 25.1 Å². The van der Waals surface area contributed by atoms with Crippen molar-refractivity contribution in [1.29, 1.82) is 0 Å². The van der Waals surface area contributed by atoms with Crippen molar-refractivity contribution in [2.24, 2.45) is 0 Å². The lowest BCUT2D eigenvalue weighted by Crippen LogP contribution is -2.41. The maximum atomic E-state index is 10.6. The summed E-state index contributed by atoms with van der Waals surface area (Å²) in [5, 5.41) is 8.70.